The Bertz CT molecular complexity index is 454. The number of H-pyrrole nitrogens is 1. The van der Waals surface area contributed by atoms with Crippen LogP contribution in [0.1, 0.15) is 26.7 Å². The lowest BCUT2D eigenvalue weighted by Gasteiger charge is -2.23. The molecule has 0 aliphatic heterocycles. The van der Waals surface area contributed by atoms with Crippen molar-refractivity contribution in [1.29, 1.82) is 0 Å². The normalized spacial score (nSPS) is 18.5. The lowest BCUT2D eigenvalue weighted by Crippen LogP contribution is -2.26. The molecule has 0 unspecified atom stereocenters. The number of nitrogens with one attached hydrogen (secondary N) is 1. The quantitative estimate of drug-likeness (QED) is 0.759. The van der Waals surface area contributed by atoms with Gasteiger partial charge in [0.25, 0.3) is 5.56 Å². The van der Waals surface area contributed by atoms with Crippen LogP contribution in [0.15, 0.2) is 17.1 Å². The molecule has 1 aliphatic carbocycles. The van der Waals surface area contributed by atoms with Gasteiger partial charge in [0.05, 0.1) is 0 Å². The first-order valence-corrected chi connectivity index (χ1v) is 5.29. The van der Waals surface area contributed by atoms with Crippen molar-refractivity contribution in [3.63, 3.8) is 0 Å². The van der Waals surface area contributed by atoms with E-state index >= 15 is 0 Å². The number of rotatable bonds is 2. The predicted molar refractivity (Wildman–Crippen MR) is 57.9 cm³/mol. The van der Waals surface area contributed by atoms with Gasteiger partial charge in [0.2, 0.25) is 0 Å². The first-order chi connectivity index (χ1) is 6.56. The molecule has 0 radical (unpaired) electrons. The molecule has 1 heterocycles. The van der Waals surface area contributed by atoms with E-state index < -0.39 is 0 Å². The van der Waals surface area contributed by atoms with Gasteiger partial charge >= 0.3 is 0 Å². The molecule has 76 valence electrons. The summed E-state index contributed by atoms with van der Waals surface area (Å²) in [5, 5.41) is 0. The monoisotopic (exact) mass is 210 g/mol. The molecule has 0 amide bonds. The van der Waals surface area contributed by atoms with E-state index in [1.165, 1.54) is 6.07 Å². The van der Waals surface area contributed by atoms with Gasteiger partial charge in [0.1, 0.15) is 0 Å². The lowest BCUT2D eigenvalue weighted by atomic mass is 10.0. The molecule has 4 heteroatoms. The van der Waals surface area contributed by atoms with E-state index in [0.29, 0.717) is 10.7 Å². The lowest BCUT2D eigenvalue weighted by molar-refractivity contribution is 0.341. The van der Waals surface area contributed by atoms with Crippen LogP contribution in [0.25, 0.3) is 0 Å². The van der Waals surface area contributed by atoms with Gasteiger partial charge in [-0.05, 0) is 31.0 Å². The van der Waals surface area contributed by atoms with Gasteiger partial charge in [-0.1, -0.05) is 13.8 Å². The summed E-state index contributed by atoms with van der Waals surface area (Å²) in [6, 6.07) is 1.54. The van der Waals surface area contributed by atoms with Crippen LogP contribution in [0, 0.1) is 10.7 Å². The Hall–Kier alpha value is -0.900. The van der Waals surface area contributed by atoms with Crippen LogP contribution in [0.4, 0.5) is 0 Å². The second kappa shape index (κ2) is 3.05. The van der Waals surface area contributed by atoms with Crippen LogP contribution >= 0.6 is 12.2 Å². The molecule has 0 aromatic carbocycles. The Balaban J connectivity index is 2.53. The second-order valence-corrected chi connectivity index (χ2v) is 4.63. The number of hydrogen-bond acceptors (Lipinski definition) is 2. The molecular weight excluding hydrogens is 196 g/mol. The summed E-state index contributed by atoms with van der Waals surface area (Å²) >= 11 is 5.15. The first kappa shape index (κ1) is 9.65. The van der Waals surface area contributed by atoms with Crippen LogP contribution in [0.5, 0.6) is 0 Å². The minimum atomic E-state index is -0.120. The Morgan fingerprint density at radius 3 is 2.64 bits per heavy atom. The molecule has 1 aromatic rings. The largest absolute Gasteiger partial charge is 0.319 e. The summed E-state index contributed by atoms with van der Waals surface area (Å²) in [7, 11) is 0. The van der Waals surface area contributed by atoms with E-state index in [2.05, 4.69) is 18.8 Å². The summed E-state index contributed by atoms with van der Waals surface area (Å²) in [4.78, 5) is 13.7. The first-order valence-electron chi connectivity index (χ1n) is 4.89. The molecule has 14 heavy (non-hydrogen) atoms. The van der Waals surface area contributed by atoms with E-state index in [1.807, 2.05) is 10.8 Å². The van der Waals surface area contributed by atoms with Crippen molar-refractivity contribution < 1.29 is 0 Å². The average molecular weight is 210 g/mol. The zero-order chi connectivity index (χ0) is 10.3. The third kappa shape index (κ3) is 1.34. The fourth-order valence-corrected chi connectivity index (χ4v) is 2.34. The van der Waals surface area contributed by atoms with E-state index in [9.17, 15) is 4.79 Å². The van der Waals surface area contributed by atoms with Gasteiger partial charge < -0.3 is 4.57 Å². The molecule has 1 saturated carbocycles. The predicted octanol–water partition coefficient (Wildman–Crippen LogP) is 2.05. The van der Waals surface area contributed by atoms with Crippen molar-refractivity contribution in [2.45, 2.75) is 32.2 Å². The third-order valence-corrected chi connectivity index (χ3v) is 3.44. The highest BCUT2D eigenvalue weighted by molar-refractivity contribution is 7.71. The molecule has 1 N–H and O–H groups in total. The number of nitrogens with zero attached hydrogens (tertiary/aromatic N) is 1. The molecule has 0 spiro atoms. The van der Waals surface area contributed by atoms with Crippen molar-refractivity contribution in [1.82, 2.24) is 9.55 Å². The topological polar surface area (TPSA) is 37.8 Å². The molecule has 0 atom stereocenters. The second-order valence-electron chi connectivity index (χ2n) is 4.24. The third-order valence-electron chi connectivity index (χ3n) is 3.14. The number of aromatic amines is 1. The highest BCUT2D eigenvalue weighted by Crippen LogP contribution is 2.49. The molecular formula is C10H14N2OS. The van der Waals surface area contributed by atoms with E-state index in [4.69, 9.17) is 12.2 Å². The van der Waals surface area contributed by atoms with Crippen molar-refractivity contribution in [2.75, 3.05) is 0 Å². The van der Waals surface area contributed by atoms with Crippen LogP contribution < -0.4 is 5.56 Å². The van der Waals surface area contributed by atoms with Gasteiger partial charge in [0.15, 0.2) is 4.77 Å². The minimum absolute atomic E-state index is 0.120. The van der Waals surface area contributed by atoms with Crippen molar-refractivity contribution in [2.24, 2.45) is 5.92 Å². The van der Waals surface area contributed by atoms with Crippen LogP contribution in [0.3, 0.4) is 0 Å². The van der Waals surface area contributed by atoms with Crippen molar-refractivity contribution in [3.05, 3.63) is 27.4 Å². The molecule has 0 saturated heterocycles. The fourth-order valence-electron chi connectivity index (χ4n) is 1.99. The standard InChI is InChI=1S/C10H14N2OS/c1-7(2)10(4-5-10)12-6-3-8(13)11-9(12)14/h3,6-7H,4-5H2,1-2H3,(H,11,13,14). The molecule has 1 aromatic heterocycles. The highest BCUT2D eigenvalue weighted by Gasteiger charge is 2.47. The van der Waals surface area contributed by atoms with Gasteiger partial charge in [-0.15, -0.1) is 0 Å². The van der Waals surface area contributed by atoms with Crippen LogP contribution in [-0.4, -0.2) is 9.55 Å². The Morgan fingerprint density at radius 2 is 2.21 bits per heavy atom. The molecule has 3 nitrogen and oxygen atoms in total. The van der Waals surface area contributed by atoms with Gasteiger partial charge in [0, 0.05) is 17.8 Å². The summed E-state index contributed by atoms with van der Waals surface area (Å²) in [6.45, 7) is 4.39. The zero-order valence-corrected chi connectivity index (χ0v) is 9.23. The van der Waals surface area contributed by atoms with Crippen molar-refractivity contribution in [3.8, 4) is 0 Å². The van der Waals surface area contributed by atoms with Crippen LogP contribution in [-0.2, 0) is 5.54 Å². The Kier molecular flexibility index (Phi) is 2.10. The molecule has 1 aliphatic rings. The molecule has 1 fully saturated rings. The van der Waals surface area contributed by atoms with Gasteiger partial charge in [-0.3, -0.25) is 9.78 Å². The summed E-state index contributed by atoms with van der Waals surface area (Å²) in [6.07, 6.45) is 4.13. The molecule has 0 bridgehead atoms. The summed E-state index contributed by atoms with van der Waals surface area (Å²) in [5.74, 6) is 0.556. The van der Waals surface area contributed by atoms with E-state index in [1.54, 1.807) is 0 Å². The highest BCUT2D eigenvalue weighted by atomic mass is 32.1. The van der Waals surface area contributed by atoms with Crippen molar-refractivity contribution >= 4 is 12.2 Å². The maximum absolute atomic E-state index is 11.0. The summed E-state index contributed by atoms with van der Waals surface area (Å²) in [5.41, 5.74) is 0.0483. The fraction of sp³-hybridized carbons (Fsp3) is 0.600. The minimum Gasteiger partial charge on any atom is -0.319 e. The average Bonchev–Trinajstić information content (AvgIpc) is 2.84. The zero-order valence-electron chi connectivity index (χ0n) is 8.41. The van der Waals surface area contributed by atoms with E-state index in [-0.39, 0.29) is 11.1 Å². The maximum atomic E-state index is 11.0. The SMILES string of the molecule is CC(C)C1(n2ccc(=O)[nH]c2=S)CC1. The van der Waals surface area contributed by atoms with Gasteiger partial charge in [-0.25, -0.2) is 0 Å². The maximum Gasteiger partial charge on any atom is 0.251 e. The van der Waals surface area contributed by atoms with Crippen LogP contribution in [0.2, 0.25) is 0 Å². The Labute approximate surface area is 87.8 Å². The number of hydrogen-bond donors (Lipinski definition) is 1. The molecule has 2 rings (SSSR count). The Morgan fingerprint density at radius 1 is 1.57 bits per heavy atom. The smallest absolute Gasteiger partial charge is 0.251 e. The van der Waals surface area contributed by atoms with E-state index in [0.717, 1.165) is 12.8 Å². The van der Waals surface area contributed by atoms with Gasteiger partial charge in [-0.2, -0.15) is 0 Å². The number of aromatic nitrogens is 2. The summed E-state index contributed by atoms with van der Waals surface area (Å²) < 4.78 is 2.58.